The van der Waals surface area contributed by atoms with Crippen LogP contribution in [0.5, 0.6) is 0 Å². The topological polar surface area (TPSA) is 134 Å². The van der Waals surface area contributed by atoms with Crippen molar-refractivity contribution in [1.29, 1.82) is 5.26 Å². The molecule has 1 aliphatic carbocycles. The summed E-state index contributed by atoms with van der Waals surface area (Å²) in [7, 11) is 0. The van der Waals surface area contributed by atoms with E-state index in [-0.39, 0.29) is 23.0 Å². The van der Waals surface area contributed by atoms with E-state index in [4.69, 9.17) is 5.73 Å². The van der Waals surface area contributed by atoms with E-state index in [0.29, 0.717) is 42.5 Å². The number of rotatable bonds is 7. The Balaban J connectivity index is 1.52. The number of hydrogen-bond donors (Lipinski definition) is 3. The molecule has 0 unspecified atom stereocenters. The zero-order valence-electron chi connectivity index (χ0n) is 17.8. The van der Waals surface area contributed by atoms with E-state index in [1.165, 1.54) is 4.52 Å². The van der Waals surface area contributed by atoms with Crippen molar-refractivity contribution in [2.45, 2.75) is 52.2 Å². The first kappa shape index (κ1) is 20.9. The number of fused-ring (bicyclic) bond motifs is 1. The number of aliphatic hydroxyl groups is 1. The van der Waals surface area contributed by atoms with Crippen molar-refractivity contribution in [2.75, 3.05) is 17.6 Å². The highest BCUT2D eigenvalue weighted by atomic mass is 16.3. The summed E-state index contributed by atoms with van der Waals surface area (Å²) >= 11 is 0. The number of aromatic nitrogens is 4. The summed E-state index contributed by atoms with van der Waals surface area (Å²) in [6.07, 6.45) is 4.31. The molecule has 3 aromatic heterocycles. The van der Waals surface area contributed by atoms with Crippen molar-refractivity contribution < 1.29 is 5.11 Å². The highest BCUT2D eigenvalue weighted by Gasteiger charge is 2.27. The molecule has 0 radical (unpaired) electrons. The van der Waals surface area contributed by atoms with E-state index in [1.807, 2.05) is 26.0 Å². The second-order valence-electron chi connectivity index (χ2n) is 8.14. The molecule has 0 atom stereocenters. The lowest BCUT2D eigenvalue weighted by molar-refractivity contribution is 0.0347. The van der Waals surface area contributed by atoms with Gasteiger partial charge in [0.2, 0.25) is 0 Å². The first-order chi connectivity index (χ1) is 14.9. The first-order valence-corrected chi connectivity index (χ1v) is 10.6. The minimum Gasteiger partial charge on any atom is -0.393 e. The molecule has 1 fully saturated rings. The van der Waals surface area contributed by atoms with Gasteiger partial charge >= 0.3 is 0 Å². The third-order valence-corrected chi connectivity index (χ3v) is 6.01. The number of nitrogen functional groups attached to an aromatic ring is 1. The molecule has 0 aromatic carbocycles. The maximum absolute atomic E-state index is 12.8. The summed E-state index contributed by atoms with van der Waals surface area (Å²) in [5, 5.41) is 26.7. The molecule has 0 saturated heterocycles. The van der Waals surface area contributed by atoms with Gasteiger partial charge in [-0.2, -0.15) is 14.9 Å². The summed E-state index contributed by atoms with van der Waals surface area (Å²) in [5.74, 6) is 1.01. The van der Waals surface area contributed by atoms with Gasteiger partial charge in [-0.05, 0) is 44.6 Å². The second-order valence-corrected chi connectivity index (χ2v) is 8.14. The number of anilines is 2. The van der Waals surface area contributed by atoms with Crippen LogP contribution < -0.4 is 16.6 Å². The number of aryl methyl sites for hydroxylation is 2. The maximum atomic E-state index is 12.8. The molecule has 0 aliphatic heterocycles. The Morgan fingerprint density at radius 2 is 2.19 bits per heavy atom. The molecule has 9 heteroatoms. The van der Waals surface area contributed by atoms with Crippen LogP contribution in [-0.4, -0.2) is 36.9 Å². The molecule has 0 amide bonds. The molecule has 1 aliphatic rings. The van der Waals surface area contributed by atoms with Gasteiger partial charge in [0.15, 0.2) is 5.65 Å². The zero-order valence-corrected chi connectivity index (χ0v) is 17.8. The minimum absolute atomic E-state index is 0.0196. The molecular weight excluding hydrogens is 394 g/mol. The first-order valence-electron chi connectivity index (χ1n) is 10.6. The Morgan fingerprint density at radius 3 is 2.87 bits per heavy atom. The minimum atomic E-state index is -0.229. The highest BCUT2D eigenvalue weighted by Crippen LogP contribution is 2.28. The number of hydrogen-bond acceptors (Lipinski definition) is 7. The molecule has 0 spiro atoms. The van der Waals surface area contributed by atoms with E-state index in [9.17, 15) is 15.2 Å². The van der Waals surface area contributed by atoms with Gasteiger partial charge in [0.1, 0.15) is 23.3 Å². The number of nitrogens with two attached hydrogens (primary N) is 1. The van der Waals surface area contributed by atoms with Gasteiger partial charge in [-0.25, -0.2) is 4.98 Å². The van der Waals surface area contributed by atoms with Crippen LogP contribution in [0.25, 0.3) is 5.65 Å². The third-order valence-electron chi connectivity index (χ3n) is 6.01. The fourth-order valence-electron chi connectivity index (χ4n) is 4.24. The van der Waals surface area contributed by atoms with Crippen molar-refractivity contribution in [1.82, 2.24) is 19.2 Å². The van der Waals surface area contributed by atoms with Crippen molar-refractivity contribution in [3.63, 3.8) is 0 Å². The van der Waals surface area contributed by atoms with Crippen LogP contribution in [0.3, 0.4) is 0 Å². The van der Waals surface area contributed by atoms with Crippen LogP contribution >= 0.6 is 0 Å². The van der Waals surface area contributed by atoms with Gasteiger partial charge in [-0.3, -0.25) is 4.79 Å². The van der Waals surface area contributed by atoms with Crippen LogP contribution in [0.4, 0.5) is 11.6 Å². The Kier molecular flexibility index (Phi) is 5.65. The summed E-state index contributed by atoms with van der Waals surface area (Å²) < 4.78 is 3.24. The lowest BCUT2D eigenvalue weighted by atomic mass is 9.82. The van der Waals surface area contributed by atoms with Crippen molar-refractivity contribution >= 4 is 17.3 Å². The molecule has 9 nitrogen and oxygen atoms in total. The van der Waals surface area contributed by atoms with Gasteiger partial charge in [-0.1, -0.05) is 13.0 Å². The Bertz CT molecular complexity index is 1220. The molecule has 3 aromatic rings. The smallest absolute Gasteiger partial charge is 0.253 e. The number of pyridine rings is 1. The van der Waals surface area contributed by atoms with Gasteiger partial charge in [0.05, 0.1) is 11.8 Å². The Hall–Kier alpha value is -3.38. The molecule has 162 valence electrons. The van der Waals surface area contributed by atoms with Crippen LogP contribution in [-0.2, 0) is 19.4 Å². The van der Waals surface area contributed by atoms with E-state index >= 15 is 0 Å². The predicted octanol–water partition coefficient (Wildman–Crippen LogP) is 1.64. The summed E-state index contributed by atoms with van der Waals surface area (Å²) in [5.41, 5.74) is 9.58. The SMILES string of the molecule is CCc1c(C)nn2c(N)c(C#N)c(NCCc3cccn(CC4CC(O)C4)c3=O)nc12. The van der Waals surface area contributed by atoms with Crippen molar-refractivity contribution in [3.8, 4) is 6.07 Å². The number of nitrogens with zero attached hydrogens (tertiary/aromatic N) is 5. The van der Waals surface area contributed by atoms with E-state index < -0.39 is 0 Å². The van der Waals surface area contributed by atoms with Crippen molar-refractivity contribution in [3.05, 3.63) is 51.1 Å². The molecule has 0 bridgehead atoms. The third kappa shape index (κ3) is 3.86. The van der Waals surface area contributed by atoms with Crippen LogP contribution in [0, 0.1) is 24.2 Å². The average Bonchev–Trinajstić information content (AvgIpc) is 3.05. The molecule has 3 heterocycles. The van der Waals surface area contributed by atoms with Crippen LogP contribution in [0.2, 0.25) is 0 Å². The van der Waals surface area contributed by atoms with E-state index in [0.717, 1.165) is 30.5 Å². The van der Waals surface area contributed by atoms with Crippen LogP contribution in [0.15, 0.2) is 23.1 Å². The number of nitrogens with one attached hydrogen (secondary N) is 1. The summed E-state index contributed by atoms with van der Waals surface area (Å²) in [4.78, 5) is 17.4. The standard InChI is InChI=1S/C22H27N7O2/c1-3-17-13(2)27-29-19(24)18(11-23)20(26-21(17)29)25-7-6-15-5-4-8-28(22(15)31)12-14-9-16(30)10-14/h4-5,8,14,16,30H,3,6-7,9-10,12,24H2,1-2H3,(H,25,26). The molecule has 31 heavy (non-hydrogen) atoms. The molecule has 1 saturated carbocycles. The fourth-order valence-corrected chi connectivity index (χ4v) is 4.24. The quantitative estimate of drug-likeness (QED) is 0.528. The van der Waals surface area contributed by atoms with Gasteiger partial charge in [-0.15, -0.1) is 0 Å². The predicted molar refractivity (Wildman–Crippen MR) is 118 cm³/mol. The largest absolute Gasteiger partial charge is 0.393 e. The number of nitriles is 1. The molecular formula is C22H27N7O2. The summed E-state index contributed by atoms with van der Waals surface area (Å²) in [6, 6.07) is 5.81. The second kappa shape index (κ2) is 8.40. The lowest BCUT2D eigenvalue weighted by Crippen LogP contribution is -2.35. The zero-order chi connectivity index (χ0) is 22.1. The highest BCUT2D eigenvalue weighted by molar-refractivity contribution is 5.69. The fraction of sp³-hybridized carbons (Fsp3) is 0.455. The Labute approximate surface area is 180 Å². The van der Waals surface area contributed by atoms with E-state index in [2.05, 4.69) is 21.5 Å². The van der Waals surface area contributed by atoms with Gasteiger partial charge in [0.25, 0.3) is 5.56 Å². The number of aliphatic hydroxyl groups excluding tert-OH is 1. The van der Waals surface area contributed by atoms with E-state index in [1.54, 1.807) is 10.8 Å². The monoisotopic (exact) mass is 421 g/mol. The molecule has 4 rings (SSSR count). The van der Waals surface area contributed by atoms with Gasteiger partial charge < -0.3 is 20.7 Å². The van der Waals surface area contributed by atoms with Crippen LogP contribution in [0.1, 0.15) is 42.1 Å². The molecule has 4 N–H and O–H groups in total. The normalized spacial score (nSPS) is 18.0. The summed E-state index contributed by atoms with van der Waals surface area (Å²) in [6.45, 7) is 4.99. The Morgan fingerprint density at radius 1 is 1.42 bits per heavy atom. The van der Waals surface area contributed by atoms with Crippen molar-refractivity contribution in [2.24, 2.45) is 5.92 Å². The maximum Gasteiger partial charge on any atom is 0.253 e. The lowest BCUT2D eigenvalue weighted by Gasteiger charge is -2.31. The van der Waals surface area contributed by atoms with Gasteiger partial charge in [0, 0.05) is 30.4 Å². The average molecular weight is 422 g/mol.